The van der Waals surface area contributed by atoms with E-state index in [9.17, 15) is 0 Å². The van der Waals surface area contributed by atoms with Gasteiger partial charge in [0.1, 0.15) is 5.75 Å². The van der Waals surface area contributed by atoms with Crippen LogP contribution in [0.2, 0.25) is 0 Å². The lowest BCUT2D eigenvalue weighted by molar-refractivity contribution is 0.595. The molecule has 0 aromatic heterocycles. The highest BCUT2D eigenvalue weighted by Gasteiger charge is 2.25. The number of halogens is 2. The first kappa shape index (κ1) is 10.0. The second-order valence-corrected chi connectivity index (χ2v) is 14.2. The molecule has 0 spiro atoms. The molecule has 0 radical (unpaired) electrons. The van der Waals surface area contributed by atoms with E-state index in [0.717, 1.165) is 5.75 Å². The summed E-state index contributed by atoms with van der Waals surface area (Å²) in [5, 5.41) is 0. The van der Waals surface area contributed by atoms with Crippen molar-refractivity contribution in [3.05, 3.63) is 42.6 Å². The van der Waals surface area contributed by atoms with E-state index in [1.165, 1.54) is 0 Å². The SMILES string of the molecule is C=C[Si](Br)(Br)Oc1ccccc1. The van der Waals surface area contributed by atoms with Crippen LogP contribution >= 0.6 is 30.6 Å². The number of hydrogen-bond donors (Lipinski definition) is 0. The Labute approximate surface area is 88.7 Å². The first-order valence-electron chi connectivity index (χ1n) is 3.39. The molecule has 0 atom stereocenters. The molecule has 0 aliphatic rings. The van der Waals surface area contributed by atoms with Crippen LogP contribution in [0.4, 0.5) is 0 Å². The van der Waals surface area contributed by atoms with E-state index < -0.39 is 5.56 Å². The summed E-state index contributed by atoms with van der Waals surface area (Å²) < 4.78 is 5.61. The van der Waals surface area contributed by atoms with Crippen LogP contribution in [0.5, 0.6) is 5.75 Å². The third-order valence-corrected chi connectivity index (χ3v) is 5.13. The van der Waals surface area contributed by atoms with Crippen molar-refractivity contribution in [3.8, 4) is 5.75 Å². The minimum absolute atomic E-state index is 0.845. The van der Waals surface area contributed by atoms with Gasteiger partial charge in [0.2, 0.25) is 0 Å². The highest BCUT2D eigenvalue weighted by Crippen LogP contribution is 2.25. The van der Waals surface area contributed by atoms with Crippen LogP contribution in [0.1, 0.15) is 0 Å². The Morgan fingerprint density at radius 1 is 1.25 bits per heavy atom. The summed E-state index contributed by atoms with van der Waals surface area (Å²) in [5.74, 6) is 0.845. The molecule has 0 heterocycles. The zero-order chi connectivity index (χ0) is 9.03. The van der Waals surface area contributed by atoms with Gasteiger partial charge in [-0.05, 0) is 17.8 Å². The average molecular weight is 308 g/mol. The van der Waals surface area contributed by atoms with Gasteiger partial charge >= 0.3 is 5.56 Å². The fraction of sp³-hybridized carbons (Fsp3) is 0. The molecular formula is C8H8Br2OSi. The Morgan fingerprint density at radius 2 is 1.83 bits per heavy atom. The highest BCUT2D eigenvalue weighted by atomic mass is 79.9. The third kappa shape index (κ3) is 3.12. The second-order valence-electron chi connectivity index (χ2n) is 2.18. The molecule has 0 fully saturated rings. The van der Waals surface area contributed by atoms with E-state index in [2.05, 4.69) is 37.2 Å². The van der Waals surface area contributed by atoms with Crippen molar-refractivity contribution in [3.63, 3.8) is 0 Å². The zero-order valence-electron chi connectivity index (χ0n) is 6.34. The third-order valence-electron chi connectivity index (χ3n) is 1.23. The Bertz CT molecular complexity index is 261. The molecule has 0 amide bonds. The fourth-order valence-corrected chi connectivity index (χ4v) is 2.34. The monoisotopic (exact) mass is 306 g/mol. The molecule has 0 N–H and O–H groups in total. The molecule has 0 saturated carbocycles. The van der Waals surface area contributed by atoms with Crippen molar-refractivity contribution in [2.45, 2.75) is 0 Å². The number of para-hydroxylation sites is 1. The highest BCUT2D eigenvalue weighted by molar-refractivity contribution is 9.51. The molecule has 1 aromatic rings. The van der Waals surface area contributed by atoms with Crippen LogP contribution in [0.25, 0.3) is 0 Å². The van der Waals surface area contributed by atoms with Gasteiger partial charge in [-0.2, -0.15) is 0 Å². The van der Waals surface area contributed by atoms with E-state index in [1.807, 2.05) is 30.3 Å². The molecule has 0 aliphatic carbocycles. The predicted octanol–water partition coefficient (Wildman–Crippen LogP) is 3.52. The van der Waals surface area contributed by atoms with Gasteiger partial charge in [-0.25, -0.2) is 0 Å². The molecule has 4 heteroatoms. The Kier molecular flexibility index (Phi) is 3.55. The van der Waals surface area contributed by atoms with Crippen LogP contribution < -0.4 is 4.43 Å². The number of hydrogen-bond acceptors (Lipinski definition) is 1. The van der Waals surface area contributed by atoms with Gasteiger partial charge in [0, 0.05) is 0 Å². The molecule has 0 saturated heterocycles. The second kappa shape index (κ2) is 4.25. The predicted molar refractivity (Wildman–Crippen MR) is 60.9 cm³/mol. The maximum atomic E-state index is 5.61. The van der Waals surface area contributed by atoms with E-state index in [0.29, 0.717) is 0 Å². The van der Waals surface area contributed by atoms with Gasteiger partial charge in [-0.3, -0.25) is 0 Å². The summed E-state index contributed by atoms with van der Waals surface area (Å²) in [6, 6.07) is 9.64. The van der Waals surface area contributed by atoms with Crippen molar-refractivity contribution in [1.29, 1.82) is 0 Å². The number of rotatable bonds is 3. The Morgan fingerprint density at radius 3 is 2.33 bits per heavy atom. The standard InChI is InChI=1S/C8H8Br2OSi/c1-2-12(9,10)11-8-6-4-3-5-7-8/h2-7H,1H2. The molecule has 12 heavy (non-hydrogen) atoms. The summed E-state index contributed by atoms with van der Waals surface area (Å²) in [6.45, 7) is 3.67. The van der Waals surface area contributed by atoms with E-state index in [1.54, 1.807) is 5.70 Å². The smallest absolute Gasteiger partial charge is 0.419 e. The summed E-state index contributed by atoms with van der Waals surface area (Å²) in [5.41, 5.74) is -0.265. The molecule has 0 unspecified atom stereocenters. The average Bonchev–Trinajstić information content (AvgIpc) is 2.06. The largest absolute Gasteiger partial charge is 0.522 e. The summed E-state index contributed by atoms with van der Waals surface area (Å²) in [4.78, 5) is 0. The molecule has 1 aromatic carbocycles. The van der Waals surface area contributed by atoms with E-state index in [-0.39, 0.29) is 0 Å². The fourth-order valence-electron chi connectivity index (χ4n) is 0.687. The van der Waals surface area contributed by atoms with Gasteiger partial charge in [-0.15, -0.1) is 6.58 Å². The van der Waals surface area contributed by atoms with Gasteiger partial charge in [0.05, 0.1) is 0 Å². The Hall–Kier alpha value is -0.0631. The van der Waals surface area contributed by atoms with Crippen LogP contribution in [-0.2, 0) is 0 Å². The van der Waals surface area contributed by atoms with Crippen LogP contribution in [0.15, 0.2) is 42.6 Å². The van der Waals surface area contributed by atoms with Gasteiger partial charge in [0.25, 0.3) is 0 Å². The number of benzene rings is 1. The normalized spacial score (nSPS) is 10.8. The molecule has 1 nitrogen and oxygen atoms in total. The maximum absolute atomic E-state index is 5.61. The molecule has 1 rings (SSSR count). The molecule has 0 bridgehead atoms. The minimum atomic E-state index is -2.03. The quantitative estimate of drug-likeness (QED) is 0.613. The van der Waals surface area contributed by atoms with Crippen molar-refractivity contribution in [2.75, 3.05) is 0 Å². The van der Waals surface area contributed by atoms with Crippen LogP contribution in [0, 0.1) is 0 Å². The zero-order valence-corrected chi connectivity index (χ0v) is 10.5. The minimum Gasteiger partial charge on any atom is -0.522 e. The lowest BCUT2D eigenvalue weighted by Gasteiger charge is -2.14. The first-order valence-corrected chi connectivity index (χ1v) is 9.89. The van der Waals surface area contributed by atoms with E-state index >= 15 is 0 Å². The molecule has 0 aliphatic heterocycles. The molecular weight excluding hydrogens is 300 g/mol. The molecule has 64 valence electrons. The first-order chi connectivity index (χ1) is 5.64. The van der Waals surface area contributed by atoms with Crippen molar-refractivity contribution >= 4 is 36.1 Å². The lowest BCUT2D eigenvalue weighted by atomic mass is 10.3. The summed E-state index contributed by atoms with van der Waals surface area (Å²) >= 11 is 6.87. The Balaban J connectivity index is 2.70. The van der Waals surface area contributed by atoms with Gasteiger partial charge < -0.3 is 4.43 Å². The van der Waals surface area contributed by atoms with Crippen LogP contribution in [-0.4, -0.2) is 5.56 Å². The van der Waals surface area contributed by atoms with Gasteiger partial charge in [-0.1, -0.05) is 48.8 Å². The van der Waals surface area contributed by atoms with Crippen molar-refractivity contribution in [2.24, 2.45) is 0 Å². The topological polar surface area (TPSA) is 9.23 Å². The van der Waals surface area contributed by atoms with Crippen LogP contribution in [0.3, 0.4) is 0 Å². The summed E-state index contributed by atoms with van der Waals surface area (Å²) in [6.07, 6.45) is 0. The van der Waals surface area contributed by atoms with Crippen molar-refractivity contribution in [1.82, 2.24) is 0 Å². The van der Waals surface area contributed by atoms with Gasteiger partial charge in [0.15, 0.2) is 0 Å². The maximum Gasteiger partial charge on any atom is 0.419 e. The summed E-state index contributed by atoms with van der Waals surface area (Å²) in [7, 11) is 0. The van der Waals surface area contributed by atoms with Crippen molar-refractivity contribution < 1.29 is 4.43 Å². The van der Waals surface area contributed by atoms with E-state index in [4.69, 9.17) is 4.43 Å². The lowest BCUT2D eigenvalue weighted by Crippen LogP contribution is -2.23.